The third-order valence-electron chi connectivity index (χ3n) is 2.99. The van der Waals surface area contributed by atoms with E-state index in [1.165, 1.54) is 0 Å². The minimum absolute atomic E-state index is 0.365. The molecule has 0 amide bonds. The normalized spacial score (nSPS) is 10.6. The molecular weight excluding hydrogens is 272 g/mol. The van der Waals surface area contributed by atoms with Gasteiger partial charge in [-0.2, -0.15) is 10.1 Å². The molecule has 0 aliphatic carbocycles. The van der Waals surface area contributed by atoms with Gasteiger partial charge in [0.05, 0.1) is 14.2 Å². The molecule has 0 saturated heterocycles. The summed E-state index contributed by atoms with van der Waals surface area (Å²) in [5.74, 6) is 2.08. The summed E-state index contributed by atoms with van der Waals surface area (Å²) < 4.78 is 15.7. The number of methoxy groups -OCH3 is 2. The number of ether oxygens (including phenoxy) is 2. The molecule has 0 spiro atoms. The molecule has 2 aromatic heterocycles. The number of nitrogens with zero attached hydrogens (tertiary/aromatic N) is 3. The second-order valence-corrected chi connectivity index (χ2v) is 4.43. The van der Waals surface area contributed by atoms with Crippen LogP contribution in [0.1, 0.15) is 5.69 Å². The lowest BCUT2D eigenvalue weighted by Gasteiger charge is -2.07. The Balaban J connectivity index is 1.96. The molecule has 108 valence electrons. The van der Waals surface area contributed by atoms with Gasteiger partial charge in [-0.1, -0.05) is 5.16 Å². The van der Waals surface area contributed by atoms with Crippen molar-refractivity contribution in [3.63, 3.8) is 0 Å². The molecule has 2 heterocycles. The summed E-state index contributed by atoms with van der Waals surface area (Å²) >= 11 is 0. The maximum atomic E-state index is 5.26. The zero-order chi connectivity index (χ0) is 14.8. The predicted molar refractivity (Wildman–Crippen MR) is 75.2 cm³/mol. The van der Waals surface area contributed by atoms with E-state index >= 15 is 0 Å². The number of aryl methyl sites for hydroxylation is 1. The van der Waals surface area contributed by atoms with Gasteiger partial charge in [0.25, 0.3) is 5.89 Å². The van der Waals surface area contributed by atoms with Gasteiger partial charge in [-0.3, -0.25) is 5.10 Å². The summed E-state index contributed by atoms with van der Waals surface area (Å²) in [5, 5.41) is 10.9. The number of hydrogen-bond donors (Lipinski definition) is 1. The lowest BCUT2D eigenvalue weighted by molar-refractivity contribution is 0.355. The highest BCUT2D eigenvalue weighted by molar-refractivity contribution is 5.62. The smallest absolute Gasteiger partial charge is 0.278 e. The maximum absolute atomic E-state index is 5.26. The Morgan fingerprint density at radius 1 is 1.10 bits per heavy atom. The topological polar surface area (TPSA) is 86.1 Å². The van der Waals surface area contributed by atoms with Crippen molar-refractivity contribution in [3.05, 3.63) is 30.0 Å². The number of aromatic amines is 1. The Morgan fingerprint density at radius 2 is 1.90 bits per heavy atom. The third kappa shape index (κ3) is 2.45. The third-order valence-corrected chi connectivity index (χ3v) is 2.99. The molecule has 0 radical (unpaired) electrons. The van der Waals surface area contributed by atoms with Crippen molar-refractivity contribution in [2.45, 2.75) is 6.92 Å². The van der Waals surface area contributed by atoms with Gasteiger partial charge in [0, 0.05) is 11.3 Å². The van der Waals surface area contributed by atoms with Crippen LogP contribution in [0.3, 0.4) is 0 Å². The van der Waals surface area contributed by atoms with Gasteiger partial charge in [0.15, 0.2) is 17.2 Å². The highest BCUT2D eigenvalue weighted by Crippen LogP contribution is 2.31. The van der Waals surface area contributed by atoms with Crippen molar-refractivity contribution in [2.24, 2.45) is 0 Å². The van der Waals surface area contributed by atoms with E-state index in [4.69, 9.17) is 14.0 Å². The molecule has 0 aliphatic heterocycles. The number of hydrogen-bond acceptors (Lipinski definition) is 6. The van der Waals surface area contributed by atoms with Crippen molar-refractivity contribution in [1.82, 2.24) is 20.3 Å². The second-order valence-electron chi connectivity index (χ2n) is 4.43. The first-order chi connectivity index (χ1) is 10.2. The molecule has 0 bridgehead atoms. The lowest BCUT2D eigenvalue weighted by atomic mass is 10.2. The summed E-state index contributed by atoms with van der Waals surface area (Å²) in [5.41, 5.74) is 2.32. The van der Waals surface area contributed by atoms with Gasteiger partial charge < -0.3 is 14.0 Å². The van der Waals surface area contributed by atoms with E-state index in [1.54, 1.807) is 26.4 Å². The summed E-state index contributed by atoms with van der Waals surface area (Å²) in [7, 11) is 3.17. The fourth-order valence-electron chi connectivity index (χ4n) is 1.95. The molecule has 0 atom stereocenters. The van der Waals surface area contributed by atoms with Crippen LogP contribution in [0, 0.1) is 6.92 Å². The second kappa shape index (κ2) is 5.28. The number of aromatic nitrogens is 4. The van der Waals surface area contributed by atoms with Gasteiger partial charge >= 0.3 is 0 Å². The summed E-state index contributed by atoms with van der Waals surface area (Å²) in [6.45, 7) is 1.90. The van der Waals surface area contributed by atoms with Crippen LogP contribution in [-0.4, -0.2) is 34.6 Å². The first-order valence-corrected chi connectivity index (χ1v) is 6.29. The molecule has 0 fully saturated rings. The highest BCUT2D eigenvalue weighted by atomic mass is 16.5. The molecule has 1 aromatic carbocycles. The summed E-state index contributed by atoms with van der Waals surface area (Å²) in [4.78, 5) is 4.34. The first-order valence-electron chi connectivity index (χ1n) is 6.29. The van der Waals surface area contributed by atoms with Crippen LogP contribution < -0.4 is 9.47 Å². The summed E-state index contributed by atoms with van der Waals surface area (Å²) in [6.07, 6.45) is 0. The molecule has 1 N–H and O–H groups in total. The monoisotopic (exact) mass is 286 g/mol. The van der Waals surface area contributed by atoms with Gasteiger partial charge in [-0.05, 0) is 31.2 Å². The maximum Gasteiger partial charge on any atom is 0.278 e. The fraction of sp³-hybridized carbons (Fsp3) is 0.214. The molecular formula is C14H14N4O3. The Hall–Kier alpha value is -2.83. The van der Waals surface area contributed by atoms with Gasteiger partial charge in [-0.25, -0.2) is 0 Å². The Morgan fingerprint density at radius 3 is 2.57 bits per heavy atom. The van der Waals surface area contributed by atoms with Crippen molar-refractivity contribution in [3.8, 4) is 34.5 Å². The minimum atomic E-state index is 0.365. The van der Waals surface area contributed by atoms with E-state index < -0.39 is 0 Å². The molecule has 0 aliphatic rings. The van der Waals surface area contributed by atoms with Crippen molar-refractivity contribution in [1.29, 1.82) is 0 Å². The van der Waals surface area contributed by atoms with E-state index in [2.05, 4.69) is 20.3 Å². The molecule has 3 aromatic rings. The Bertz CT molecular complexity index is 763. The average Bonchev–Trinajstić information content (AvgIpc) is 3.15. The van der Waals surface area contributed by atoms with Gasteiger partial charge in [0.2, 0.25) is 5.82 Å². The van der Waals surface area contributed by atoms with Crippen LogP contribution in [0.4, 0.5) is 0 Å². The van der Waals surface area contributed by atoms with Crippen LogP contribution in [-0.2, 0) is 0 Å². The van der Waals surface area contributed by atoms with Gasteiger partial charge in [0.1, 0.15) is 0 Å². The van der Waals surface area contributed by atoms with Crippen LogP contribution >= 0.6 is 0 Å². The molecule has 0 unspecified atom stereocenters. The van der Waals surface area contributed by atoms with E-state index in [0.29, 0.717) is 28.9 Å². The number of nitrogens with one attached hydrogen (secondary N) is 1. The van der Waals surface area contributed by atoms with Crippen LogP contribution in [0.2, 0.25) is 0 Å². The largest absolute Gasteiger partial charge is 0.493 e. The first kappa shape index (κ1) is 13.2. The van der Waals surface area contributed by atoms with E-state index in [0.717, 1.165) is 11.3 Å². The van der Waals surface area contributed by atoms with Crippen molar-refractivity contribution in [2.75, 3.05) is 14.2 Å². The Labute approximate surface area is 120 Å². The Kier molecular flexibility index (Phi) is 3.31. The zero-order valence-corrected chi connectivity index (χ0v) is 11.9. The fourth-order valence-corrected chi connectivity index (χ4v) is 1.95. The SMILES string of the molecule is COc1ccc(-c2noc(-c3cc(C)[nH]n3)n2)cc1OC. The molecule has 3 rings (SSSR count). The highest BCUT2D eigenvalue weighted by Gasteiger charge is 2.14. The molecule has 21 heavy (non-hydrogen) atoms. The van der Waals surface area contributed by atoms with Crippen molar-refractivity contribution >= 4 is 0 Å². The van der Waals surface area contributed by atoms with Crippen LogP contribution in [0.5, 0.6) is 11.5 Å². The molecule has 7 nitrogen and oxygen atoms in total. The molecule has 7 heteroatoms. The quantitative estimate of drug-likeness (QED) is 0.792. The number of H-pyrrole nitrogens is 1. The number of benzene rings is 1. The van der Waals surface area contributed by atoms with Crippen LogP contribution in [0.15, 0.2) is 28.8 Å². The van der Waals surface area contributed by atoms with Crippen molar-refractivity contribution < 1.29 is 14.0 Å². The minimum Gasteiger partial charge on any atom is -0.493 e. The number of rotatable bonds is 4. The summed E-state index contributed by atoms with van der Waals surface area (Å²) in [6, 6.07) is 7.27. The zero-order valence-electron chi connectivity index (χ0n) is 11.9. The predicted octanol–water partition coefficient (Wildman–Crippen LogP) is 2.45. The average molecular weight is 286 g/mol. The standard InChI is InChI=1S/C14H14N4O3/c1-8-6-10(17-16-8)14-15-13(18-21-14)9-4-5-11(19-2)12(7-9)20-3/h4-7H,1-3H3,(H,16,17). The molecule has 0 saturated carbocycles. The van der Waals surface area contributed by atoms with Crippen LogP contribution in [0.25, 0.3) is 23.0 Å². The van der Waals surface area contributed by atoms with E-state index in [9.17, 15) is 0 Å². The van der Waals surface area contributed by atoms with E-state index in [-0.39, 0.29) is 0 Å². The van der Waals surface area contributed by atoms with E-state index in [1.807, 2.05) is 19.1 Å². The van der Waals surface area contributed by atoms with Gasteiger partial charge in [-0.15, -0.1) is 0 Å². The lowest BCUT2D eigenvalue weighted by Crippen LogP contribution is -1.91.